The molecule has 0 unspecified atom stereocenters. The van der Waals surface area contributed by atoms with Crippen molar-refractivity contribution in [3.05, 3.63) is 0 Å². The first-order valence-electron chi connectivity index (χ1n) is 3.31. The van der Waals surface area contributed by atoms with Crippen LogP contribution in [0.3, 0.4) is 0 Å². The zero-order chi connectivity index (χ0) is 7.56. The molecule has 0 radical (unpaired) electrons. The van der Waals surface area contributed by atoms with Crippen molar-refractivity contribution in [2.24, 2.45) is 5.92 Å². The molecule has 0 aromatic carbocycles. The van der Waals surface area contributed by atoms with Crippen LogP contribution < -0.4 is 5.32 Å². The van der Waals surface area contributed by atoms with Crippen LogP contribution in [0.25, 0.3) is 0 Å². The Morgan fingerprint density at radius 2 is 2.40 bits per heavy atom. The summed E-state index contributed by atoms with van der Waals surface area (Å²) in [5, 5.41) is 19.9. The fraction of sp³-hybridized carbons (Fsp3) is 0.833. The Bertz CT molecular complexity index is 137. The van der Waals surface area contributed by atoms with E-state index in [-0.39, 0.29) is 12.5 Å². The second-order valence-electron chi connectivity index (χ2n) is 2.58. The van der Waals surface area contributed by atoms with Crippen molar-refractivity contribution in [2.75, 3.05) is 13.2 Å². The number of rotatable bonds is 2. The molecule has 1 saturated heterocycles. The van der Waals surface area contributed by atoms with E-state index in [9.17, 15) is 4.79 Å². The molecule has 58 valence electrons. The Balaban J connectivity index is 2.35. The molecular formula is C6H11NO3. The average molecular weight is 145 g/mol. The molecule has 0 aromatic heterocycles. The van der Waals surface area contributed by atoms with Crippen molar-refractivity contribution in [1.29, 1.82) is 0 Å². The number of aliphatic hydroxyl groups excluding tert-OH is 1. The Morgan fingerprint density at radius 3 is 2.70 bits per heavy atom. The molecule has 1 rings (SSSR count). The first kappa shape index (κ1) is 7.50. The first-order valence-corrected chi connectivity index (χ1v) is 3.31. The van der Waals surface area contributed by atoms with Crippen LogP contribution in [0.2, 0.25) is 0 Å². The number of carboxylic acids is 1. The number of aliphatic carboxylic acids is 1. The third kappa shape index (κ3) is 1.46. The molecule has 3 N–H and O–H groups in total. The van der Waals surface area contributed by atoms with E-state index in [1.807, 2.05) is 0 Å². The summed E-state index contributed by atoms with van der Waals surface area (Å²) in [5.41, 5.74) is 0. The van der Waals surface area contributed by atoms with Crippen LogP contribution in [0.1, 0.15) is 6.42 Å². The van der Waals surface area contributed by atoms with Crippen molar-refractivity contribution in [1.82, 2.24) is 5.32 Å². The maximum atomic E-state index is 10.3. The Labute approximate surface area is 58.9 Å². The molecule has 2 atom stereocenters. The molecule has 0 amide bonds. The molecule has 1 aliphatic rings. The average Bonchev–Trinajstić information content (AvgIpc) is 2.34. The number of hydrogen-bond acceptors (Lipinski definition) is 3. The van der Waals surface area contributed by atoms with Crippen molar-refractivity contribution in [3.8, 4) is 0 Å². The van der Waals surface area contributed by atoms with Crippen LogP contribution in [0.5, 0.6) is 0 Å². The van der Waals surface area contributed by atoms with Crippen LogP contribution in [0.15, 0.2) is 0 Å². The summed E-state index contributed by atoms with van der Waals surface area (Å²) in [6.07, 6.45) is 0.547. The maximum Gasteiger partial charge on any atom is 0.320 e. The van der Waals surface area contributed by atoms with Gasteiger partial charge < -0.3 is 15.5 Å². The quantitative estimate of drug-likeness (QED) is 0.468. The van der Waals surface area contributed by atoms with Gasteiger partial charge in [-0.2, -0.15) is 0 Å². The highest BCUT2D eigenvalue weighted by molar-refractivity contribution is 5.73. The van der Waals surface area contributed by atoms with E-state index in [4.69, 9.17) is 10.2 Å². The highest BCUT2D eigenvalue weighted by Gasteiger charge is 2.28. The number of nitrogens with one attached hydrogen (secondary N) is 1. The zero-order valence-electron chi connectivity index (χ0n) is 5.58. The standard InChI is InChI=1S/C6H11NO3/c8-3-4-1-5(6(9)10)7-2-4/h4-5,7-8H,1-3H2,(H,9,10)/t4-,5-/m0/s1. The molecule has 0 aliphatic carbocycles. The van der Waals surface area contributed by atoms with Crippen LogP contribution in [0, 0.1) is 5.92 Å². The fourth-order valence-electron chi connectivity index (χ4n) is 1.14. The molecule has 10 heavy (non-hydrogen) atoms. The van der Waals surface area contributed by atoms with Crippen LogP contribution >= 0.6 is 0 Å². The van der Waals surface area contributed by atoms with Gasteiger partial charge in [0.25, 0.3) is 0 Å². The topological polar surface area (TPSA) is 69.6 Å². The summed E-state index contributed by atoms with van der Waals surface area (Å²) >= 11 is 0. The predicted octanol–water partition coefficient (Wildman–Crippen LogP) is -0.959. The Hall–Kier alpha value is -0.610. The SMILES string of the molecule is O=C(O)[C@@H]1C[C@H](CO)CN1. The summed E-state index contributed by atoms with van der Waals surface area (Å²) in [6, 6.07) is -0.447. The molecule has 1 heterocycles. The fourth-order valence-corrected chi connectivity index (χ4v) is 1.14. The van der Waals surface area contributed by atoms with Gasteiger partial charge in [-0.1, -0.05) is 0 Å². The van der Waals surface area contributed by atoms with Gasteiger partial charge in [-0.15, -0.1) is 0 Å². The van der Waals surface area contributed by atoms with E-state index < -0.39 is 12.0 Å². The van der Waals surface area contributed by atoms with Crippen molar-refractivity contribution in [2.45, 2.75) is 12.5 Å². The minimum Gasteiger partial charge on any atom is -0.480 e. The minimum absolute atomic E-state index is 0.0801. The molecule has 0 spiro atoms. The van der Waals surface area contributed by atoms with E-state index in [1.54, 1.807) is 0 Å². The summed E-state index contributed by atoms with van der Waals surface area (Å²) in [4.78, 5) is 10.3. The second-order valence-corrected chi connectivity index (χ2v) is 2.58. The number of aliphatic hydroxyl groups is 1. The molecule has 0 bridgehead atoms. The molecule has 0 aromatic rings. The van der Waals surface area contributed by atoms with Gasteiger partial charge in [0.05, 0.1) is 0 Å². The van der Waals surface area contributed by atoms with E-state index in [0.717, 1.165) is 0 Å². The highest BCUT2D eigenvalue weighted by Crippen LogP contribution is 2.12. The maximum absolute atomic E-state index is 10.3. The van der Waals surface area contributed by atoms with E-state index in [2.05, 4.69) is 5.32 Å². The van der Waals surface area contributed by atoms with Gasteiger partial charge in [0, 0.05) is 13.2 Å². The lowest BCUT2D eigenvalue weighted by molar-refractivity contribution is -0.139. The Kier molecular flexibility index (Phi) is 2.24. The number of carboxylic acid groups (broad SMARTS) is 1. The monoisotopic (exact) mass is 145 g/mol. The summed E-state index contributed by atoms with van der Waals surface area (Å²) < 4.78 is 0. The lowest BCUT2D eigenvalue weighted by atomic mass is 10.1. The van der Waals surface area contributed by atoms with Gasteiger partial charge >= 0.3 is 5.97 Å². The largest absolute Gasteiger partial charge is 0.480 e. The zero-order valence-corrected chi connectivity index (χ0v) is 5.58. The highest BCUT2D eigenvalue weighted by atomic mass is 16.4. The lowest BCUT2D eigenvalue weighted by Gasteiger charge is -2.01. The molecule has 0 saturated carbocycles. The van der Waals surface area contributed by atoms with Crippen molar-refractivity contribution < 1.29 is 15.0 Å². The van der Waals surface area contributed by atoms with E-state index in [0.29, 0.717) is 13.0 Å². The van der Waals surface area contributed by atoms with Crippen molar-refractivity contribution in [3.63, 3.8) is 0 Å². The molecular weight excluding hydrogens is 134 g/mol. The minimum atomic E-state index is -0.823. The second kappa shape index (κ2) is 2.98. The third-order valence-electron chi connectivity index (χ3n) is 1.78. The molecule has 1 fully saturated rings. The van der Waals surface area contributed by atoms with Crippen LogP contribution in [0.4, 0.5) is 0 Å². The normalized spacial score (nSPS) is 32.5. The van der Waals surface area contributed by atoms with E-state index >= 15 is 0 Å². The van der Waals surface area contributed by atoms with Crippen LogP contribution in [-0.4, -0.2) is 35.4 Å². The van der Waals surface area contributed by atoms with Gasteiger partial charge in [-0.3, -0.25) is 4.79 Å². The van der Waals surface area contributed by atoms with Gasteiger partial charge in [-0.25, -0.2) is 0 Å². The summed E-state index contributed by atoms with van der Waals surface area (Å²) in [5.74, 6) is -0.697. The van der Waals surface area contributed by atoms with Gasteiger partial charge in [0.1, 0.15) is 6.04 Å². The Morgan fingerprint density at radius 1 is 1.70 bits per heavy atom. The summed E-state index contributed by atoms with van der Waals surface area (Å²) in [7, 11) is 0. The number of hydrogen-bond donors (Lipinski definition) is 3. The summed E-state index contributed by atoms with van der Waals surface area (Å²) in [6.45, 7) is 0.699. The van der Waals surface area contributed by atoms with Crippen LogP contribution in [-0.2, 0) is 4.79 Å². The van der Waals surface area contributed by atoms with E-state index in [1.165, 1.54) is 0 Å². The van der Waals surface area contributed by atoms with Gasteiger partial charge in [0.2, 0.25) is 0 Å². The smallest absolute Gasteiger partial charge is 0.320 e. The van der Waals surface area contributed by atoms with Crippen molar-refractivity contribution >= 4 is 5.97 Å². The van der Waals surface area contributed by atoms with Gasteiger partial charge in [-0.05, 0) is 12.3 Å². The first-order chi connectivity index (χ1) is 4.74. The predicted molar refractivity (Wildman–Crippen MR) is 34.6 cm³/mol. The molecule has 1 aliphatic heterocycles. The number of carbonyl (C=O) groups is 1. The molecule has 4 nitrogen and oxygen atoms in total. The molecule has 4 heteroatoms. The third-order valence-corrected chi connectivity index (χ3v) is 1.78. The lowest BCUT2D eigenvalue weighted by Crippen LogP contribution is -2.29. The van der Waals surface area contributed by atoms with Gasteiger partial charge in [0.15, 0.2) is 0 Å².